The zero-order valence-electron chi connectivity index (χ0n) is 13.1. The van der Waals surface area contributed by atoms with E-state index in [0.29, 0.717) is 0 Å². The fourth-order valence-corrected chi connectivity index (χ4v) is 4.28. The van der Waals surface area contributed by atoms with Crippen molar-refractivity contribution >= 4 is 56.4 Å². The lowest BCUT2D eigenvalue weighted by Gasteiger charge is -2.04. The predicted octanol–water partition coefficient (Wildman–Crippen LogP) is 7.05. The predicted molar refractivity (Wildman–Crippen MR) is 108 cm³/mol. The Morgan fingerprint density at radius 3 is 1.20 bits per heavy atom. The lowest BCUT2D eigenvalue weighted by molar-refractivity contribution is 0.577. The van der Waals surface area contributed by atoms with Gasteiger partial charge in [-0.2, -0.15) is 0 Å². The van der Waals surface area contributed by atoms with Crippen LogP contribution in [0.1, 0.15) is 78.1 Å². The Bertz CT molecular complexity index is 225. The van der Waals surface area contributed by atoms with E-state index >= 15 is 0 Å². The van der Waals surface area contributed by atoms with Gasteiger partial charge in [-0.1, -0.05) is 76.8 Å². The minimum atomic E-state index is 1.12. The Morgan fingerprint density at radius 2 is 0.900 bits per heavy atom. The van der Waals surface area contributed by atoms with Crippen LogP contribution in [-0.2, 0) is 0 Å². The van der Waals surface area contributed by atoms with Crippen molar-refractivity contribution < 1.29 is 0 Å². The second-order valence-electron chi connectivity index (χ2n) is 4.94. The lowest BCUT2D eigenvalue weighted by Crippen LogP contribution is -1.90. The average Bonchev–Trinajstić information content (AvgIpc) is 2.41. The topological polar surface area (TPSA) is 0 Å². The highest BCUT2D eigenvalue weighted by molar-refractivity contribution is 8.23. The van der Waals surface area contributed by atoms with E-state index in [-0.39, 0.29) is 0 Å². The van der Waals surface area contributed by atoms with Crippen molar-refractivity contribution in [1.82, 2.24) is 0 Å². The second-order valence-corrected chi connectivity index (χ2v) is 9.16. The number of hydrogen-bond donors (Lipinski definition) is 0. The number of unbranched alkanes of at least 4 members (excludes halogenated alkanes) is 7. The molecule has 4 heteroatoms. The molecular weight excluding hydrogens is 320 g/mol. The summed E-state index contributed by atoms with van der Waals surface area (Å²) in [6.45, 7) is 4.34. The van der Waals surface area contributed by atoms with Gasteiger partial charge in [0, 0.05) is 8.39 Å². The summed E-state index contributed by atoms with van der Waals surface area (Å²) >= 11 is 14.3. The number of thiocarbonyl (C=S) groups is 2. The maximum atomic E-state index is 5.29. The van der Waals surface area contributed by atoms with Crippen molar-refractivity contribution in [3.8, 4) is 0 Å². The van der Waals surface area contributed by atoms with Gasteiger partial charge < -0.3 is 0 Å². The number of thioether (sulfide) groups is 2. The van der Waals surface area contributed by atoms with Crippen molar-refractivity contribution in [2.45, 2.75) is 78.1 Å². The van der Waals surface area contributed by atoms with Crippen molar-refractivity contribution in [2.24, 2.45) is 0 Å². The van der Waals surface area contributed by atoms with Gasteiger partial charge in [-0.05, 0) is 37.2 Å². The molecule has 0 unspecified atom stereocenters. The molecule has 0 heterocycles. The molecule has 0 aliphatic heterocycles. The van der Waals surface area contributed by atoms with Gasteiger partial charge in [-0.3, -0.25) is 0 Å². The molecule has 0 saturated heterocycles. The molecule has 0 fully saturated rings. The number of hydrogen-bond acceptors (Lipinski definition) is 4. The van der Waals surface area contributed by atoms with Crippen molar-refractivity contribution in [3.05, 3.63) is 0 Å². The maximum absolute atomic E-state index is 5.29. The van der Waals surface area contributed by atoms with Gasteiger partial charge in [-0.25, -0.2) is 0 Å². The van der Waals surface area contributed by atoms with Crippen LogP contribution in [0.4, 0.5) is 0 Å². The summed E-state index contributed by atoms with van der Waals surface area (Å²) in [4.78, 5) is 0. The maximum Gasteiger partial charge on any atom is 0.0478 e. The zero-order valence-corrected chi connectivity index (χ0v) is 16.4. The van der Waals surface area contributed by atoms with Crippen LogP contribution in [0.3, 0.4) is 0 Å². The van der Waals surface area contributed by atoms with Crippen LogP contribution in [0.25, 0.3) is 0 Å². The first-order chi connectivity index (χ1) is 9.70. The van der Waals surface area contributed by atoms with Crippen LogP contribution in [0.5, 0.6) is 0 Å². The van der Waals surface area contributed by atoms with Gasteiger partial charge in [0.15, 0.2) is 0 Å². The molecule has 0 nitrogen and oxygen atoms in total. The van der Waals surface area contributed by atoms with Gasteiger partial charge >= 0.3 is 0 Å². The molecule has 0 radical (unpaired) electrons. The SMILES string of the molecule is CCSC(=S)CCCCCCCCCCC(=S)SCC. The lowest BCUT2D eigenvalue weighted by atomic mass is 10.1. The summed E-state index contributed by atoms with van der Waals surface area (Å²) in [5, 5.41) is 0. The molecule has 0 saturated carbocycles. The van der Waals surface area contributed by atoms with Crippen LogP contribution in [-0.4, -0.2) is 19.9 Å². The summed E-state index contributed by atoms with van der Waals surface area (Å²) in [6, 6.07) is 0. The van der Waals surface area contributed by atoms with E-state index in [1.807, 2.05) is 23.5 Å². The molecule has 20 heavy (non-hydrogen) atoms. The van der Waals surface area contributed by atoms with Crippen LogP contribution < -0.4 is 0 Å². The normalized spacial score (nSPS) is 10.7. The molecule has 0 aromatic heterocycles. The molecule has 0 N–H and O–H groups in total. The van der Waals surface area contributed by atoms with Crippen LogP contribution in [0.2, 0.25) is 0 Å². The molecule has 0 atom stereocenters. The van der Waals surface area contributed by atoms with Gasteiger partial charge in [-0.15, -0.1) is 23.5 Å². The van der Waals surface area contributed by atoms with Gasteiger partial charge in [0.1, 0.15) is 0 Å². The van der Waals surface area contributed by atoms with E-state index in [4.69, 9.17) is 24.4 Å². The van der Waals surface area contributed by atoms with E-state index in [9.17, 15) is 0 Å². The third kappa shape index (κ3) is 15.3. The standard InChI is InChI=1S/C16H30S4/c1-3-19-15(17)13-11-9-7-5-6-8-10-12-14-16(18)20-4-2/h3-14H2,1-2H3. The summed E-state index contributed by atoms with van der Waals surface area (Å²) in [7, 11) is 0. The number of rotatable bonds is 13. The zero-order chi connectivity index (χ0) is 15.1. The van der Waals surface area contributed by atoms with E-state index in [1.54, 1.807) is 0 Å². The van der Waals surface area contributed by atoms with E-state index in [0.717, 1.165) is 24.3 Å². The third-order valence-corrected chi connectivity index (χ3v) is 5.87. The highest BCUT2D eigenvalue weighted by Crippen LogP contribution is 2.15. The van der Waals surface area contributed by atoms with E-state index in [1.165, 1.54) is 59.8 Å². The molecule has 0 aromatic carbocycles. The smallest absolute Gasteiger partial charge is 0.0478 e. The Labute approximate surface area is 145 Å². The molecule has 0 aromatic rings. The molecular formula is C16H30S4. The molecule has 0 aliphatic rings. The molecule has 118 valence electrons. The van der Waals surface area contributed by atoms with Gasteiger partial charge in [0.05, 0.1) is 0 Å². The highest BCUT2D eigenvalue weighted by atomic mass is 32.2. The Kier molecular flexibility index (Phi) is 17.0. The Hall–Kier alpha value is 0.880. The monoisotopic (exact) mass is 350 g/mol. The Morgan fingerprint density at radius 1 is 0.600 bits per heavy atom. The first-order valence-electron chi connectivity index (χ1n) is 8.02. The molecule has 0 amide bonds. The van der Waals surface area contributed by atoms with Crippen molar-refractivity contribution in [3.63, 3.8) is 0 Å². The quantitative estimate of drug-likeness (QED) is 0.258. The Balaban J connectivity index is 3.13. The van der Waals surface area contributed by atoms with E-state index in [2.05, 4.69) is 13.8 Å². The average molecular weight is 351 g/mol. The first kappa shape index (κ1) is 20.9. The minimum Gasteiger partial charge on any atom is -0.119 e. The molecule has 0 spiro atoms. The van der Waals surface area contributed by atoms with Crippen molar-refractivity contribution in [2.75, 3.05) is 11.5 Å². The molecule has 0 rings (SSSR count). The minimum absolute atomic E-state index is 1.12. The van der Waals surface area contributed by atoms with Crippen LogP contribution in [0, 0.1) is 0 Å². The largest absolute Gasteiger partial charge is 0.119 e. The molecule has 0 aliphatic carbocycles. The summed E-state index contributed by atoms with van der Waals surface area (Å²) in [5.74, 6) is 2.25. The van der Waals surface area contributed by atoms with Gasteiger partial charge in [0.2, 0.25) is 0 Å². The van der Waals surface area contributed by atoms with Gasteiger partial charge in [0.25, 0.3) is 0 Å². The first-order valence-corrected chi connectivity index (χ1v) is 10.8. The molecule has 0 bridgehead atoms. The highest BCUT2D eigenvalue weighted by Gasteiger charge is 1.98. The van der Waals surface area contributed by atoms with Crippen LogP contribution >= 0.6 is 48.0 Å². The summed E-state index contributed by atoms with van der Waals surface area (Å²) in [5.41, 5.74) is 0. The second kappa shape index (κ2) is 16.3. The summed E-state index contributed by atoms with van der Waals surface area (Å²) in [6.07, 6.45) is 13.1. The fraction of sp³-hybridized carbons (Fsp3) is 0.875. The van der Waals surface area contributed by atoms with Crippen molar-refractivity contribution in [1.29, 1.82) is 0 Å². The fourth-order valence-electron chi connectivity index (χ4n) is 2.07. The third-order valence-electron chi connectivity index (χ3n) is 3.12. The van der Waals surface area contributed by atoms with E-state index < -0.39 is 0 Å². The van der Waals surface area contributed by atoms with Crippen LogP contribution in [0.15, 0.2) is 0 Å². The summed E-state index contributed by atoms with van der Waals surface area (Å²) < 4.78 is 2.40.